The third-order valence-electron chi connectivity index (χ3n) is 9.07. The van der Waals surface area contributed by atoms with Crippen LogP contribution in [-0.4, -0.2) is 31.5 Å². The number of para-hydroxylation sites is 2. The number of pyridine rings is 1. The summed E-state index contributed by atoms with van der Waals surface area (Å²) in [6, 6.07) is 37.4. The highest BCUT2D eigenvalue weighted by molar-refractivity contribution is 6.00. The molecule has 4 aromatic carbocycles. The molecule has 6 nitrogen and oxygen atoms in total. The van der Waals surface area contributed by atoms with E-state index in [1.54, 1.807) is 0 Å². The van der Waals surface area contributed by atoms with Gasteiger partial charge in [0.15, 0.2) is 0 Å². The van der Waals surface area contributed by atoms with E-state index in [0.717, 1.165) is 40.5 Å². The van der Waals surface area contributed by atoms with Crippen LogP contribution in [0.25, 0.3) is 32.6 Å². The van der Waals surface area contributed by atoms with E-state index in [-0.39, 0.29) is 5.92 Å². The summed E-state index contributed by atoms with van der Waals surface area (Å²) in [7, 11) is 0. The zero-order chi connectivity index (χ0) is 31.3. The van der Waals surface area contributed by atoms with Crippen molar-refractivity contribution < 1.29 is 0 Å². The third-order valence-corrected chi connectivity index (χ3v) is 9.07. The second-order valence-electron chi connectivity index (χ2n) is 12.1. The molecule has 0 saturated carbocycles. The van der Waals surface area contributed by atoms with Gasteiger partial charge in [-0.25, -0.2) is 0 Å². The van der Waals surface area contributed by atoms with Crippen molar-refractivity contribution >= 4 is 44.2 Å². The molecule has 0 aliphatic rings. The van der Waals surface area contributed by atoms with Crippen molar-refractivity contribution in [1.82, 2.24) is 19.9 Å². The van der Waals surface area contributed by atoms with E-state index in [1.165, 1.54) is 27.3 Å². The monoisotopic (exact) mass is 602 g/mol. The van der Waals surface area contributed by atoms with Gasteiger partial charge in [0.2, 0.25) is 0 Å². The van der Waals surface area contributed by atoms with Crippen molar-refractivity contribution in [3.05, 3.63) is 150 Å². The van der Waals surface area contributed by atoms with Crippen molar-refractivity contribution in [2.75, 3.05) is 0 Å². The molecule has 228 valence electrons. The van der Waals surface area contributed by atoms with E-state index in [0.29, 0.717) is 37.5 Å². The van der Waals surface area contributed by atoms with Gasteiger partial charge in [0.05, 0.1) is 6.54 Å². The summed E-state index contributed by atoms with van der Waals surface area (Å²) in [5.41, 5.74) is 6.75. The Morgan fingerprint density at radius 3 is 2.07 bits per heavy atom. The van der Waals surface area contributed by atoms with Crippen molar-refractivity contribution in [3.8, 4) is 0 Å². The van der Waals surface area contributed by atoms with Gasteiger partial charge in [0, 0.05) is 58.4 Å². The standard InChI is InChI=1S/C40H38N6/c41-39(21-10-13-29-25-44-37-19-5-3-17-35(29)37)46(27-30-14-9-12-28-11-1-2-16-34(28)30)40(42)31(24-33-15-7-8-22-43-33)23-32-26-45-38-20-6-4-18-36(32)38/h1-9,11-12,14-20,22,25-26,31,41-42,44-45H,10,13,21,23-24,27H2/t31-/m0/s1. The minimum absolute atomic E-state index is 0.168. The molecule has 4 N–H and O–H groups in total. The van der Waals surface area contributed by atoms with Gasteiger partial charge in [-0.3, -0.25) is 15.8 Å². The Hall–Kier alpha value is -5.49. The number of hydrogen-bond acceptors (Lipinski definition) is 3. The highest BCUT2D eigenvalue weighted by Gasteiger charge is 2.26. The predicted octanol–water partition coefficient (Wildman–Crippen LogP) is 9.08. The van der Waals surface area contributed by atoms with Gasteiger partial charge in [-0.05, 0) is 77.4 Å². The fourth-order valence-corrected chi connectivity index (χ4v) is 6.67. The van der Waals surface area contributed by atoms with Crippen molar-refractivity contribution in [2.45, 2.75) is 38.6 Å². The van der Waals surface area contributed by atoms with E-state index in [4.69, 9.17) is 0 Å². The topological polar surface area (TPSA) is 95.4 Å². The van der Waals surface area contributed by atoms with Gasteiger partial charge in [-0.15, -0.1) is 0 Å². The van der Waals surface area contributed by atoms with E-state index >= 15 is 0 Å². The molecule has 6 heteroatoms. The van der Waals surface area contributed by atoms with E-state index in [9.17, 15) is 10.8 Å². The molecule has 46 heavy (non-hydrogen) atoms. The number of aryl methyl sites for hydroxylation is 1. The molecule has 0 saturated heterocycles. The number of benzene rings is 4. The smallest absolute Gasteiger partial charge is 0.105 e. The molecule has 0 radical (unpaired) electrons. The minimum Gasteiger partial charge on any atom is -0.361 e. The Labute approximate surface area is 269 Å². The Balaban J connectivity index is 1.20. The normalized spacial score (nSPS) is 12.1. The number of aromatic nitrogens is 3. The van der Waals surface area contributed by atoms with Gasteiger partial charge in [0.1, 0.15) is 11.7 Å². The molecular weight excluding hydrogens is 564 g/mol. The number of nitrogens with zero attached hydrogens (tertiary/aromatic N) is 2. The minimum atomic E-state index is -0.168. The molecule has 3 heterocycles. The number of H-pyrrole nitrogens is 2. The van der Waals surface area contributed by atoms with Crippen LogP contribution in [0.15, 0.2) is 128 Å². The summed E-state index contributed by atoms with van der Waals surface area (Å²) in [4.78, 5) is 13.4. The Morgan fingerprint density at radius 2 is 1.30 bits per heavy atom. The summed E-state index contributed by atoms with van der Waals surface area (Å²) in [6.07, 6.45) is 9.56. The maximum atomic E-state index is 9.78. The maximum Gasteiger partial charge on any atom is 0.105 e. The van der Waals surface area contributed by atoms with Crippen LogP contribution in [0.4, 0.5) is 0 Å². The van der Waals surface area contributed by atoms with Crippen LogP contribution in [0.2, 0.25) is 0 Å². The largest absolute Gasteiger partial charge is 0.361 e. The molecule has 0 aliphatic heterocycles. The molecule has 7 rings (SSSR count). The second-order valence-corrected chi connectivity index (χ2v) is 12.1. The number of hydrogen-bond donors (Lipinski definition) is 4. The molecule has 0 aliphatic carbocycles. The highest BCUT2D eigenvalue weighted by Crippen LogP contribution is 2.27. The lowest BCUT2D eigenvalue weighted by Gasteiger charge is -2.31. The zero-order valence-electron chi connectivity index (χ0n) is 25.8. The van der Waals surface area contributed by atoms with Gasteiger partial charge >= 0.3 is 0 Å². The number of rotatable bonds is 11. The fraction of sp³-hybridized carbons (Fsp3) is 0.175. The first kappa shape index (κ1) is 29.2. The van der Waals surface area contributed by atoms with Gasteiger partial charge in [0.25, 0.3) is 0 Å². The number of aromatic amines is 2. The highest BCUT2D eigenvalue weighted by atomic mass is 15.2. The summed E-state index contributed by atoms with van der Waals surface area (Å²) in [6.45, 7) is 0.471. The van der Waals surface area contributed by atoms with E-state index < -0.39 is 0 Å². The molecule has 0 spiro atoms. The first-order valence-corrected chi connectivity index (χ1v) is 16.0. The van der Waals surface area contributed by atoms with Gasteiger partial charge < -0.3 is 14.9 Å². The summed E-state index contributed by atoms with van der Waals surface area (Å²) < 4.78 is 0. The Kier molecular flexibility index (Phi) is 8.42. The van der Waals surface area contributed by atoms with Crippen LogP contribution in [0.5, 0.6) is 0 Å². The number of nitrogens with one attached hydrogen (secondary N) is 4. The van der Waals surface area contributed by atoms with Crippen molar-refractivity contribution in [1.29, 1.82) is 10.8 Å². The Morgan fingerprint density at radius 1 is 0.652 bits per heavy atom. The fourth-order valence-electron chi connectivity index (χ4n) is 6.67. The van der Waals surface area contributed by atoms with Crippen LogP contribution in [0.3, 0.4) is 0 Å². The molecule has 0 fully saturated rings. The maximum absolute atomic E-state index is 9.78. The third kappa shape index (κ3) is 6.20. The Bertz CT molecular complexity index is 2120. The van der Waals surface area contributed by atoms with Crippen LogP contribution < -0.4 is 0 Å². The average Bonchev–Trinajstić information content (AvgIpc) is 3.71. The SMILES string of the molecule is N=C(CCCc1c[nH]c2ccccc12)N(Cc1cccc2ccccc12)C(=N)[C@H](Cc1ccccn1)Cc1c[nH]c2ccccc12. The van der Waals surface area contributed by atoms with E-state index in [1.807, 2.05) is 41.4 Å². The summed E-state index contributed by atoms with van der Waals surface area (Å²) >= 11 is 0. The lowest BCUT2D eigenvalue weighted by Crippen LogP contribution is -2.41. The molecule has 0 unspecified atom stereocenters. The molecule has 0 amide bonds. The van der Waals surface area contributed by atoms with Gasteiger partial charge in [-0.2, -0.15) is 0 Å². The van der Waals surface area contributed by atoms with Crippen LogP contribution in [-0.2, 0) is 25.8 Å². The lowest BCUT2D eigenvalue weighted by atomic mass is 9.91. The van der Waals surface area contributed by atoms with Crippen molar-refractivity contribution in [2.24, 2.45) is 5.92 Å². The predicted molar refractivity (Wildman–Crippen MR) is 190 cm³/mol. The number of amidine groups is 2. The molecule has 0 bridgehead atoms. The summed E-state index contributed by atoms with van der Waals surface area (Å²) in [5, 5.41) is 24.0. The van der Waals surface area contributed by atoms with E-state index in [2.05, 4.69) is 106 Å². The summed E-state index contributed by atoms with van der Waals surface area (Å²) in [5.74, 6) is 0.765. The van der Waals surface area contributed by atoms with Gasteiger partial charge in [-0.1, -0.05) is 84.9 Å². The van der Waals surface area contributed by atoms with Crippen LogP contribution in [0, 0.1) is 16.7 Å². The molecule has 1 atom stereocenters. The second kappa shape index (κ2) is 13.2. The quantitative estimate of drug-likeness (QED) is 0.0878. The van der Waals surface area contributed by atoms with Crippen LogP contribution in [0.1, 0.15) is 35.2 Å². The number of fused-ring (bicyclic) bond motifs is 3. The first-order chi connectivity index (χ1) is 22.6. The van der Waals surface area contributed by atoms with Crippen LogP contribution >= 0.6 is 0 Å². The molecular formula is C40H38N6. The lowest BCUT2D eigenvalue weighted by molar-refractivity contribution is 0.511. The average molecular weight is 603 g/mol. The van der Waals surface area contributed by atoms with Crippen molar-refractivity contribution in [3.63, 3.8) is 0 Å². The molecule has 3 aromatic heterocycles. The zero-order valence-corrected chi connectivity index (χ0v) is 25.8. The first-order valence-electron chi connectivity index (χ1n) is 16.0. The molecule has 7 aromatic rings.